The molecule has 0 spiro atoms. The lowest BCUT2D eigenvalue weighted by atomic mass is 10.0. The molecular weight excluding hydrogens is 266 g/mol. The van der Waals surface area contributed by atoms with Gasteiger partial charge in [0.2, 0.25) is 0 Å². The second-order valence-corrected chi connectivity index (χ2v) is 5.83. The van der Waals surface area contributed by atoms with Crippen LogP contribution in [0.1, 0.15) is 36.9 Å². The Morgan fingerprint density at radius 2 is 2.10 bits per heavy atom. The number of hydrogen-bond acceptors (Lipinski definition) is 5. The number of nitrogens with two attached hydrogens (primary N) is 1. The Morgan fingerprint density at radius 3 is 2.86 bits per heavy atom. The SMILES string of the molecule is Cc1cc(C)c(-c2nnnn2C2CCOC(C)C2)cc1N. The van der Waals surface area contributed by atoms with Gasteiger partial charge in [0.05, 0.1) is 12.1 Å². The van der Waals surface area contributed by atoms with Crippen LogP contribution in [0.2, 0.25) is 0 Å². The number of ether oxygens (including phenoxy) is 1. The van der Waals surface area contributed by atoms with Crippen molar-refractivity contribution in [2.24, 2.45) is 0 Å². The van der Waals surface area contributed by atoms with Gasteiger partial charge in [-0.15, -0.1) is 5.10 Å². The zero-order valence-electron chi connectivity index (χ0n) is 12.7. The molecule has 0 saturated carbocycles. The van der Waals surface area contributed by atoms with Crippen LogP contribution >= 0.6 is 0 Å². The van der Waals surface area contributed by atoms with Gasteiger partial charge in [-0.25, -0.2) is 4.68 Å². The van der Waals surface area contributed by atoms with Gasteiger partial charge in [0, 0.05) is 17.9 Å². The lowest BCUT2D eigenvalue weighted by Crippen LogP contribution is -2.26. The smallest absolute Gasteiger partial charge is 0.182 e. The summed E-state index contributed by atoms with van der Waals surface area (Å²) in [7, 11) is 0. The molecule has 2 unspecified atom stereocenters. The van der Waals surface area contributed by atoms with Gasteiger partial charge in [-0.05, 0) is 61.2 Å². The molecule has 2 aromatic rings. The molecule has 112 valence electrons. The number of aryl methyl sites for hydroxylation is 2. The second kappa shape index (κ2) is 5.44. The summed E-state index contributed by atoms with van der Waals surface area (Å²) < 4.78 is 7.54. The van der Waals surface area contributed by atoms with E-state index in [2.05, 4.69) is 35.4 Å². The molecular formula is C15H21N5O. The fourth-order valence-electron chi connectivity index (χ4n) is 2.92. The Hall–Kier alpha value is -1.95. The lowest BCUT2D eigenvalue weighted by Gasteiger charge is -2.27. The van der Waals surface area contributed by atoms with Gasteiger partial charge in [0.1, 0.15) is 0 Å². The van der Waals surface area contributed by atoms with Crippen LogP contribution in [0.3, 0.4) is 0 Å². The Kier molecular flexibility index (Phi) is 3.63. The summed E-state index contributed by atoms with van der Waals surface area (Å²) in [5.41, 5.74) is 10.0. The standard InChI is InChI=1S/C15H21N5O/c1-9-6-10(2)14(16)8-13(9)15-17-18-19-20(15)12-4-5-21-11(3)7-12/h6,8,11-12H,4-5,7,16H2,1-3H3. The first-order chi connectivity index (χ1) is 10.1. The van der Waals surface area contributed by atoms with E-state index in [4.69, 9.17) is 10.5 Å². The molecule has 2 heterocycles. The predicted molar refractivity (Wildman–Crippen MR) is 80.8 cm³/mol. The molecule has 1 aromatic carbocycles. The summed E-state index contributed by atoms with van der Waals surface area (Å²) in [5.74, 6) is 0.790. The van der Waals surface area contributed by atoms with Crippen LogP contribution < -0.4 is 5.73 Å². The van der Waals surface area contributed by atoms with Crippen molar-refractivity contribution in [3.05, 3.63) is 23.3 Å². The third-order valence-electron chi connectivity index (χ3n) is 4.15. The van der Waals surface area contributed by atoms with Crippen molar-refractivity contribution in [2.75, 3.05) is 12.3 Å². The number of rotatable bonds is 2. The van der Waals surface area contributed by atoms with Crippen LogP contribution in [0.15, 0.2) is 12.1 Å². The number of tetrazole rings is 1. The van der Waals surface area contributed by atoms with Crippen molar-refractivity contribution < 1.29 is 4.74 Å². The van der Waals surface area contributed by atoms with Gasteiger partial charge in [-0.2, -0.15) is 0 Å². The Bertz CT molecular complexity index is 652. The quantitative estimate of drug-likeness (QED) is 0.857. The van der Waals surface area contributed by atoms with E-state index in [1.54, 1.807) is 0 Å². The number of anilines is 1. The van der Waals surface area contributed by atoms with Crippen molar-refractivity contribution in [2.45, 2.75) is 45.8 Å². The van der Waals surface area contributed by atoms with Gasteiger partial charge in [-0.1, -0.05) is 6.07 Å². The molecule has 0 amide bonds. The number of aromatic nitrogens is 4. The van der Waals surface area contributed by atoms with Gasteiger partial charge in [-0.3, -0.25) is 0 Å². The molecule has 3 rings (SSSR count). The summed E-state index contributed by atoms with van der Waals surface area (Å²) in [4.78, 5) is 0. The lowest BCUT2D eigenvalue weighted by molar-refractivity contribution is 0.00350. The van der Waals surface area contributed by atoms with E-state index >= 15 is 0 Å². The fraction of sp³-hybridized carbons (Fsp3) is 0.533. The maximum atomic E-state index is 6.05. The topological polar surface area (TPSA) is 78.8 Å². The van der Waals surface area contributed by atoms with Gasteiger partial charge in [0.15, 0.2) is 5.82 Å². The highest BCUT2D eigenvalue weighted by Crippen LogP contribution is 2.31. The third kappa shape index (κ3) is 2.63. The van der Waals surface area contributed by atoms with Crippen molar-refractivity contribution >= 4 is 5.69 Å². The van der Waals surface area contributed by atoms with Crippen LogP contribution in [0.5, 0.6) is 0 Å². The normalized spacial score (nSPS) is 22.4. The first-order valence-electron chi connectivity index (χ1n) is 7.33. The van der Waals surface area contributed by atoms with Crippen molar-refractivity contribution in [3.63, 3.8) is 0 Å². The minimum atomic E-state index is 0.241. The van der Waals surface area contributed by atoms with Crippen molar-refractivity contribution in [3.8, 4) is 11.4 Å². The molecule has 0 radical (unpaired) electrons. The molecule has 1 aromatic heterocycles. The summed E-state index contributed by atoms with van der Waals surface area (Å²) in [6, 6.07) is 4.33. The molecule has 1 aliphatic rings. The van der Waals surface area contributed by atoms with E-state index in [0.29, 0.717) is 0 Å². The largest absolute Gasteiger partial charge is 0.398 e. The van der Waals surface area contributed by atoms with E-state index < -0.39 is 0 Å². The number of nitrogens with zero attached hydrogens (tertiary/aromatic N) is 4. The highest BCUT2D eigenvalue weighted by atomic mass is 16.5. The molecule has 2 atom stereocenters. The monoisotopic (exact) mass is 287 g/mol. The second-order valence-electron chi connectivity index (χ2n) is 5.83. The summed E-state index contributed by atoms with van der Waals surface area (Å²) in [6.45, 7) is 6.91. The van der Waals surface area contributed by atoms with Gasteiger partial charge < -0.3 is 10.5 Å². The van der Waals surface area contributed by atoms with Crippen LogP contribution in [0.25, 0.3) is 11.4 Å². The summed E-state index contributed by atoms with van der Waals surface area (Å²) >= 11 is 0. The van der Waals surface area contributed by atoms with Crippen molar-refractivity contribution in [1.29, 1.82) is 0 Å². The van der Waals surface area contributed by atoms with E-state index in [0.717, 1.165) is 47.7 Å². The highest BCUT2D eigenvalue weighted by molar-refractivity contribution is 5.67. The first-order valence-corrected chi connectivity index (χ1v) is 7.33. The molecule has 1 aliphatic heterocycles. The molecule has 21 heavy (non-hydrogen) atoms. The van der Waals surface area contributed by atoms with Crippen LogP contribution in [0, 0.1) is 13.8 Å². The first kappa shape index (κ1) is 14.0. The third-order valence-corrected chi connectivity index (χ3v) is 4.15. The summed E-state index contributed by atoms with van der Waals surface area (Å²) in [6.07, 6.45) is 2.10. The van der Waals surface area contributed by atoms with E-state index in [-0.39, 0.29) is 12.1 Å². The maximum absolute atomic E-state index is 6.05. The van der Waals surface area contributed by atoms with Crippen LogP contribution in [-0.4, -0.2) is 32.9 Å². The average molecular weight is 287 g/mol. The molecule has 0 aliphatic carbocycles. The maximum Gasteiger partial charge on any atom is 0.182 e. The minimum absolute atomic E-state index is 0.241. The number of hydrogen-bond donors (Lipinski definition) is 1. The average Bonchev–Trinajstić information content (AvgIpc) is 2.92. The zero-order chi connectivity index (χ0) is 15.0. The zero-order valence-corrected chi connectivity index (χ0v) is 12.7. The minimum Gasteiger partial charge on any atom is -0.398 e. The van der Waals surface area contributed by atoms with E-state index in [1.165, 1.54) is 0 Å². The van der Waals surface area contributed by atoms with Crippen LogP contribution in [0.4, 0.5) is 5.69 Å². The van der Waals surface area contributed by atoms with E-state index in [9.17, 15) is 0 Å². The van der Waals surface area contributed by atoms with Crippen molar-refractivity contribution in [1.82, 2.24) is 20.2 Å². The van der Waals surface area contributed by atoms with Crippen LogP contribution in [-0.2, 0) is 4.74 Å². The molecule has 0 bridgehead atoms. The predicted octanol–water partition coefficient (Wildman–Crippen LogP) is 2.28. The molecule has 6 nitrogen and oxygen atoms in total. The molecule has 1 saturated heterocycles. The number of benzene rings is 1. The number of nitrogen functional groups attached to an aromatic ring is 1. The Morgan fingerprint density at radius 1 is 1.29 bits per heavy atom. The summed E-state index contributed by atoms with van der Waals surface area (Å²) in [5, 5.41) is 12.3. The van der Waals surface area contributed by atoms with E-state index in [1.807, 2.05) is 17.7 Å². The van der Waals surface area contributed by atoms with Gasteiger partial charge in [0.25, 0.3) is 0 Å². The fourth-order valence-corrected chi connectivity index (χ4v) is 2.92. The molecule has 1 fully saturated rings. The Balaban J connectivity index is 2.01. The molecule has 6 heteroatoms. The highest BCUT2D eigenvalue weighted by Gasteiger charge is 2.25. The molecule has 2 N–H and O–H groups in total. The van der Waals surface area contributed by atoms with Gasteiger partial charge >= 0.3 is 0 Å². The Labute approximate surface area is 124 Å².